The second-order valence-corrected chi connectivity index (χ2v) is 4.47. The molecule has 0 saturated carbocycles. The minimum Gasteiger partial charge on any atom is -0.744 e. The standard InChI is InChI=1S/C8H8O3S.C4H4O4.Na/c9-12(10,11)7-6-8-4-2-1-3-5-8;5-3(6)1-2-4(7)8;/h1-7H,(H,9,10,11);1-2H,(H,5,6)(H,7,8);/q;;+1/p-1. The average molecular weight is 322 g/mol. The van der Waals surface area contributed by atoms with Gasteiger partial charge in [-0.2, -0.15) is 0 Å². The Balaban J connectivity index is 0. The van der Waals surface area contributed by atoms with Gasteiger partial charge in [-0.05, 0) is 11.6 Å². The summed E-state index contributed by atoms with van der Waals surface area (Å²) in [6.45, 7) is 0. The van der Waals surface area contributed by atoms with Crippen molar-refractivity contribution in [3.05, 3.63) is 53.5 Å². The van der Waals surface area contributed by atoms with Crippen LogP contribution in [-0.4, -0.2) is 35.1 Å². The second-order valence-electron chi connectivity index (χ2n) is 3.22. The predicted octanol–water partition coefficient (Wildman–Crippen LogP) is -2.08. The number of carbonyl (C=O) groups is 2. The van der Waals surface area contributed by atoms with Crippen molar-refractivity contribution in [2.45, 2.75) is 0 Å². The van der Waals surface area contributed by atoms with Gasteiger partial charge in [-0.25, -0.2) is 18.0 Å². The van der Waals surface area contributed by atoms with Gasteiger partial charge in [0.25, 0.3) is 0 Å². The van der Waals surface area contributed by atoms with Gasteiger partial charge < -0.3 is 14.8 Å². The van der Waals surface area contributed by atoms with Crippen LogP contribution in [0.4, 0.5) is 0 Å². The second kappa shape index (κ2) is 11.2. The zero-order valence-corrected chi connectivity index (χ0v) is 13.9. The van der Waals surface area contributed by atoms with E-state index >= 15 is 0 Å². The van der Waals surface area contributed by atoms with Crippen LogP contribution in [0, 0.1) is 0 Å². The van der Waals surface area contributed by atoms with Crippen LogP contribution in [0.3, 0.4) is 0 Å². The van der Waals surface area contributed by atoms with Crippen LogP contribution in [-0.2, 0) is 19.7 Å². The first-order valence-electron chi connectivity index (χ1n) is 5.03. The zero-order valence-electron chi connectivity index (χ0n) is 11.0. The fourth-order valence-electron chi connectivity index (χ4n) is 0.869. The average Bonchev–Trinajstić information content (AvgIpc) is 2.35. The van der Waals surface area contributed by atoms with E-state index < -0.39 is 22.1 Å². The molecule has 9 heteroatoms. The molecular formula is C12H11NaO7S. The summed E-state index contributed by atoms with van der Waals surface area (Å²) >= 11 is 0. The fraction of sp³-hybridized carbons (Fsp3) is 0. The van der Waals surface area contributed by atoms with Crippen molar-refractivity contribution in [1.82, 2.24) is 0 Å². The van der Waals surface area contributed by atoms with Crippen molar-refractivity contribution in [2.24, 2.45) is 0 Å². The zero-order chi connectivity index (χ0) is 15.6. The Hall–Kier alpha value is -1.45. The van der Waals surface area contributed by atoms with Gasteiger partial charge in [0.2, 0.25) is 0 Å². The van der Waals surface area contributed by atoms with Crippen molar-refractivity contribution >= 4 is 28.1 Å². The molecule has 0 fully saturated rings. The molecule has 0 saturated heterocycles. The largest absolute Gasteiger partial charge is 1.00 e. The number of carboxylic acids is 2. The maximum Gasteiger partial charge on any atom is 1.00 e. The first kappa shape index (κ1) is 21.8. The van der Waals surface area contributed by atoms with Crippen molar-refractivity contribution in [2.75, 3.05) is 0 Å². The third-order valence-corrected chi connectivity index (χ3v) is 2.06. The third kappa shape index (κ3) is 16.5. The van der Waals surface area contributed by atoms with Crippen molar-refractivity contribution in [3.8, 4) is 0 Å². The first-order chi connectivity index (χ1) is 9.20. The van der Waals surface area contributed by atoms with E-state index in [4.69, 9.17) is 10.2 Å². The van der Waals surface area contributed by atoms with Gasteiger partial charge in [0.1, 0.15) is 10.1 Å². The molecule has 21 heavy (non-hydrogen) atoms. The van der Waals surface area contributed by atoms with Gasteiger partial charge in [-0.3, -0.25) is 0 Å². The monoisotopic (exact) mass is 322 g/mol. The Morgan fingerprint density at radius 3 is 1.76 bits per heavy atom. The van der Waals surface area contributed by atoms with Crippen LogP contribution in [0.1, 0.15) is 5.56 Å². The Morgan fingerprint density at radius 1 is 1.00 bits per heavy atom. The van der Waals surface area contributed by atoms with E-state index in [1.165, 1.54) is 6.08 Å². The molecule has 0 bridgehead atoms. The molecule has 1 aromatic carbocycles. The van der Waals surface area contributed by atoms with Crippen LogP contribution >= 0.6 is 0 Å². The molecule has 0 heterocycles. The van der Waals surface area contributed by atoms with E-state index in [1.54, 1.807) is 24.3 Å². The van der Waals surface area contributed by atoms with Crippen LogP contribution in [0.2, 0.25) is 0 Å². The number of hydrogen-bond acceptors (Lipinski definition) is 5. The van der Waals surface area contributed by atoms with Gasteiger partial charge in [0, 0.05) is 17.6 Å². The van der Waals surface area contributed by atoms with E-state index in [0.717, 1.165) is 0 Å². The number of hydrogen-bond donors (Lipinski definition) is 2. The molecule has 0 aliphatic carbocycles. The molecule has 0 spiro atoms. The quantitative estimate of drug-likeness (QED) is 0.369. The third-order valence-electron chi connectivity index (χ3n) is 1.60. The molecule has 0 aliphatic rings. The van der Waals surface area contributed by atoms with Crippen molar-refractivity contribution in [1.29, 1.82) is 0 Å². The van der Waals surface area contributed by atoms with Crippen molar-refractivity contribution in [3.63, 3.8) is 0 Å². The topological polar surface area (TPSA) is 132 Å². The Kier molecular flexibility index (Phi) is 11.7. The summed E-state index contributed by atoms with van der Waals surface area (Å²) in [5.74, 6) is -2.51. The molecule has 2 N–H and O–H groups in total. The molecular weight excluding hydrogens is 311 g/mol. The number of carboxylic acid groups (broad SMARTS) is 2. The van der Waals surface area contributed by atoms with Crippen molar-refractivity contribution < 1.29 is 62.3 Å². The minimum absolute atomic E-state index is 0. The van der Waals surface area contributed by atoms with Crippen LogP contribution in [0.5, 0.6) is 0 Å². The molecule has 7 nitrogen and oxygen atoms in total. The maximum absolute atomic E-state index is 10.2. The summed E-state index contributed by atoms with van der Waals surface area (Å²) in [7, 11) is -4.25. The van der Waals surface area contributed by atoms with E-state index in [1.807, 2.05) is 6.07 Å². The summed E-state index contributed by atoms with van der Waals surface area (Å²) in [6, 6.07) is 8.75. The van der Waals surface area contributed by atoms with E-state index in [2.05, 4.69) is 0 Å². The summed E-state index contributed by atoms with van der Waals surface area (Å²) in [4.78, 5) is 19.1. The van der Waals surface area contributed by atoms with E-state index in [0.29, 0.717) is 23.1 Å². The Labute approximate surface area is 143 Å². The summed E-state index contributed by atoms with van der Waals surface area (Å²) < 4.78 is 30.5. The van der Waals surface area contributed by atoms with Crippen LogP contribution in [0.15, 0.2) is 47.9 Å². The number of aliphatic carboxylic acids is 2. The van der Waals surface area contributed by atoms with Crippen LogP contribution < -0.4 is 29.6 Å². The van der Waals surface area contributed by atoms with Gasteiger partial charge in [0.15, 0.2) is 0 Å². The molecule has 0 amide bonds. The summed E-state index contributed by atoms with van der Waals surface area (Å²) in [5.41, 5.74) is 0.692. The molecule has 0 unspecified atom stereocenters. The van der Waals surface area contributed by atoms with Gasteiger partial charge in [0.05, 0.1) is 0 Å². The molecule has 108 valence electrons. The summed E-state index contributed by atoms with van der Waals surface area (Å²) in [5, 5.41) is 16.3. The van der Waals surface area contributed by atoms with Gasteiger partial charge in [-0.1, -0.05) is 30.3 Å². The molecule has 0 aromatic heterocycles. The number of rotatable bonds is 4. The normalized spacial score (nSPS) is 10.5. The molecule has 1 aromatic rings. The molecule has 0 atom stereocenters. The Bertz CT molecular complexity index is 590. The van der Waals surface area contributed by atoms with Gasteiger partial charge >= 0.3 is 41.5 Å². The Morgan fingerprint density at radius 2 is 1.43 bits per heavy atom. The summed E-state index contributed by atoms with van der Waals surface area (Å²) in [6.07, 6.45) is 2.38. The van der Waals surface area contributed by atoms with E-state index in [9.17, 15) is 22.6 Å². The number of benzene rings is 1. The first-order valence-corrected chi connectivity index (χ1v) is 6.51. The maximum atomic E-state index is 10.2. The fourth-order valence-corrected chi connectivity index (χ4v) is 1.19. The van der Waals surface area contributed by atoms with Crippen LogP contribution in [0.25, 0.3) is 6.08 Å². The SMILES string of the molecule is O=C(O)C=CC(=O)O.O=S(=O)([O-])C=Cc1ccccc1.[Na+]. The van der Waals surface area contributed by atoms with E-state index in [-0.39, 0.29) is 29.6 Å². The molecule has 0 radical (unpaired) electrons. The minimum atomic E-state index is -4.25. The van der Waals surface area contributed by atoms with Gasteiger partial charge in [-0.15, -0.1) is 0 Å². The smallest absolute Gasteiger partial charge is 0.744 e. The molecule has 0 aliphatic heterocycles. The predicted molar refractivity (Wildman–Crippen MR) is 69.6 cm³/mol. The molecule has 1 rings (SSSR count).